The van der Waals surface area contributed by atoms with Crippen LogP contribution in [-0.4, -0.2) is 19.8 Å². The van der Waals surface area contributed by atoms with Gasteiger partial charge in [0.05, 0.1) is 0 Å². The zero-order valence-corrected chi connectivity index (χ0v) is 10.1. The van der Waals surface area contributed by atoms with Gasteiger partial charge in [-0.05, 0) is 25.2 Å². The van der Waals surface area contributed by atoms with E-state index in [9.17, 15) is 0 Å². The highest BCUT2D eigenvalue weighted by molar-refractivity contribution is 6.11. The monoisotopic (exact) mass is 183 g/mol. The van der Waals surface area contributed by atoms with E-state index in [2.05, 4.69) is 40.9 Å². The first-order valence-corrected chi connectivity index (χ1v) is 5.84. The number of hydrogen-bond acceptors (Lipinski definition) is 1. The molecule has 0 heterocycles. The quantitative estimate of drug-likeness (QED) is 0.471. The molecule has 0 aliphatic carbocycles. The van der Waals surface area contributed by atoms with Crippen molar-refractivity contribution in [3.8, 4) is 0 Å². The third-order valence-electron chi connectivity index (χ3n) is 2.79. The van der Waals surface area contributed by atoms with Crippen molar-refractivity contribution in [1.29, 1.82) is 0 Å². The maximum Gasteiger partial charge on any atom is 0.123 e. The molecule has 0 radical (unpaired) electrons. The molecule has 0 rings (SSSR count). The lowest BCUT2D eigenvalue weighted by atomic mass is 9.85. The van der Waals surface area contributed by atoms with Crippen molar-refractivity contribution < 1.29 is 0 Å². The highest BCUT2D eigenvalue weighted by Crippen LogP contribution is 2.05. The fraction of sp³-hybridized carbons (Fsp3) is 1.00. The second-order valence-electron chi connectivity index (χ2n) is 4.60. The number of rotatable bonds is 7. The fourth-order valence-corrected chi connectivity index (χ4v) is 1.43. The predicted octanol–water partition coefficient (Wildman–Crippen LogP) is 2.16. The summed E-state index contributed by atoms with van der Waals surface area (Å²) in [5, 5.41) is 3.64. The molecule has 0 aliphatic heterocycles. The van der Waals surface area contributed by atoms with Gasteiger partial charge in [-0.15, -0.1) is 0 Å². The van der Waals surface area contributed by atoms with E-state index in [0.717, 1.165) is 5.92 Å². The normalized spacial score (nSPS) is 16.1. The van der Waals surface area contributed by atoms with Gasteiger partial charge in [0.25, 0.3) is 0 Å². The summed E-state index contributed by atoms with van der Waals surface area (Å²) >= 11 is 0. The molecule has 1 unspecified atom stereocenters. The Bertz CT molecular complexity index is 115. The van der Waals surface area contributed by atoms with Gasteiger partial charge in [-0.1, -0.05) is 40.0 Å². The van der Waals surface area contributed by atoms with Crippen molar-refractivity contribution in [3.05, 3.63) is 0 Å². The van der Waals surface area contributed by atoms with Crippen LogP contribution >= 0.6 is 0 Å². The van der Waals surface area contributed by atoms with E-state index in [1.54, 1.807) is 0 Å². The highest BCUT2D eigenvalue weighted by Gasteiger charge is 2.09. The maximum absolute atomic E-state index is 3.64. The molecule has 0 fully saturated rings. The van der Waals surface area contributed by atoms with E-state index >= 15 is 0 Å². The molecule has 0 bridgehead atoms. The summed E-state index contributed by atoms with van der Waals surface area (Å²) in [4.78, 5) is 0. The number of nitrogens with one attached hydrogen (secondary N) is 1. The van der Waals surface area contributed by atoms with Crippen LogP contribution in [0.4, 0.5) is 0 Å². The van der Waals surface area contributed by atoms with Crippen molar-refractivity contribution >= 4 is 7.85 Å². The molecule has 0 aromatic heterocycles. The lowest BCUT2D eigenvalue weighted by Gasteiger charge is -2.22. The van der Waals surface area contributed by atoms with Crippen molar-refractivity contribution in [1.82, 2.24) is 5.32 Å². The van der Waals surface area contributed by atoms with Crippen LogP contribution in [-0.2, 0) is 0 Å². The molecular weight excluding hydrogens is 157 g/mol. The fourth-order valence-electron chi connectivity index (χ4n) is 1.43. The maximum atomic E-state index is 3.64. The van der Waals surface area contributed by atoms with Crippen LogP contribution in [0.15, 0.2) is 0 Å². The van der Waals surface area contributed by atoms with E-state index in [0.29, 0.717) is 12.0 Å². The van der Waals surface area contributed by atoms with Crippen LogP contribution in [0.25, 0.3) is 0 Å². The number of unbranched alkanes of at least 4 members (excludes halogenated alkanes) is 2. The van der Waals surface area contributed by atoms with Gasteiger partial charge in [-0.25, -0.2) is 0 Å². The zero-order valence-electron chi connectivity index (χ0n) is 10.1. The Labute approximate surface area is 85.1 Å². The Balaban J connectivity index is 3.43. The SMILES string of the molecule is BC(N[C@@H](C)CCCCC)C(C)C. The Hall–Kier alpha value is 0.0249. The number of hydrogen-bond donors (Lipinski definition) is 1. The van der Waals surface area contributed by atoms with Crippen molar-refractivity contribution in [2.45, 2.75) is 65.4 Å². The Morgan fingerprint density at radius 2 is 1.77 bits per heavy atom. The molecule has 0 amide bonds. The first kappa shape index (κ1) is 13.0. The molecular formula is C11H26BN. The second-order valence-corrected chi connectivity index (χ2v) is 4.60. The minimum atomic E-state index is 0.650. The minimum absolute atomic E-state index is 0.650. The summed E-state index contributed by atoms with van der Waals surface area (Å²) in [5.41, 5.74) is 0. The Morgan fingerprint density at radius 1 is 1.15 bits per heavy atom. The van der Waals surface area contributed by atoms with Crippen LogP contribution in [0, 0.1) is 5.92 Å². The van der Waals surface area contributed by atoms with Gasteiger partial charge in [0, 0.05) is 6.04 Å². The summed E-state index contributed by atoms with van der Waals surface area (Å²) in [5.74, 6) is 1.39. The topological polar surface area (TPSA) is 12.0 Å². The molecule has 2 heteroatoms. The molecule has 78 valence electrons. The third-order valence-corrected chi connectivity index (χ3v) is 2.79. The Morgan fingerprint density at radius 3 is 2.23 bits per heavy atom. The molecule has 0 aromatic rings. The lowest BCUT2D eigenvalue weighted by molar-refractivity contribution is 0.419. The van der Waals surface area contributed by atoms with Gasteiger partial charge in [0.15, 0.2) is 0 Å². The molecule has 1 nitrogen and oxygen atoms in total. The standard InChI is InChI=1S/C11H26BN/c1-5-6-7-8-10(4)13-11(12)9(2)3/h9-11,13H,5-8,12H2,1-4H3/t10-,11?/m0/s1. The van der Waals surface area contributed by atoms with Gasteiger partial charge >= 0.3 is 0 Å². The summed E-state index contributed by atoms with van der Waals surface area (Å²) in [7, 11) is 2.28. The Kier molecular flexibility index (Phi) is 7.45. The molecule has 0 spiro atoms. The first-order chi connectivity index (χ1) is 6.07. The highest BCUT2D eigenvalue weighted by atomic mass is 14.9. The van der Waals surface area contributed by atoms with Crippen LogP contribution in [0.1, 0.15) is 53.4 Å². The smallest absolute Gasteiger partial charge is 0.123 e. The predicted molar refractivity (Wildman–Crippen MR) is 63.9 cm³/mol. The molecule has 1 N–H and O–H groups in total. The van der Waals surface area contributed by atoms with Crippen LogP contribution in [0.3, 0.4) is 0 Å². The molecule has 0 aromatic carbocycles. The average molecular weight is 183 g/mol. The van der Waals surface area contributed by atoms with E-state index in [1.807, 2.05) is 0 Å². The van der Waals surface area contributed by atoms with Gasteiger partial charge < -0.3 is 5.32 Å². The molecule has 13 heavy (non-hydrogen) atoms. The zero-order chi connectivity index (χ0) is 10.3. The van der Waals surface area contributed by atoms with Gasteiger partial charge in [0.2, 0.25) is 0 Å². The minimum Gasteiger partial charge on any atom is -0.319 e. The largest absolute Gasteiger partial charge is 0.319 e. The molecule has 2 atom stereocenters. The van der Waals surface area contributed by atoms with Crippen LogP contribution in [0.5, 0.6) is 0 Å². The summed E-state index contributed by atoms with van der Waals surface area (Å²) < 4.78 is 0. The van der Waals surface area contributed by atoms with Gasteiger partial charge in [0.1, 0.15) is 7.85 Å². The molecule has 0 aliphatic rings. The van der Waals surface area contributed by atoms with E-state index in [4.69, 9.17) is 0 Å². The van der Waals surface area contributed by atoms with E-state index in [1.165, 1.54) is 25.7 Å². The van der Waals surface area contributed by atoms with Crippen molar-refractivity contribution in [2.24, 2.45) is 5.92 Å². The third kappa shape index (κ3) is 7.12. The van der Waals surface area contributed by atoms with E-state index < -0.39 is 0 Å². The van der Waals surface area contributed by atoms with Crippen LogP contribution in [0.2, 0.25) is 0 Å². The summed E-state index contributed by atoms with van der Waals surface area (Å²) in [6.45, 7) is 9.11. The average Bonchev–Trinajstić information content (AvgIpc) is 2.04. The van der Waals surface area contributed by atoms with E-state index in [-0.39, 0.29) is 0 Å². The summed E-state index contributed by atoms with van der Waals surface area (Å²) in [6.07, 6.45) is 5.40. The second kappa shape index (κ2) is 7.43. The first-order valence-electron chi connectivity index (χ1n) is 5.84. The lowest BCUT2D eigenvalue weighted by Crippen LogP contribution is -2.40. The molecule has 0 saturated heterocycles. The van der Waals surface area contributed by atoms with Gasteiger partial charge in [-0.3, -0.25) is 0 Å². The van der Waals surface area contributed by atoms with Gasteiger partial charge in [-0.2, -0.15) is 0 Å². The van der Waals surface area contributed by atoms with Crippen molar-refractivity contribution in [2.75, 3.05) is 0 Å². The van der Waals surface area contributed by atoms with Crippen molar-refractivity contribution in [3.63, 3.8) is 0 Å². The summed E-state index contributed by atoms with van der Waals surface area (Å²) in [6, 6.07) is 0.684. The molecule has 0 saturated carbocycles. The van der Waals surface area contributed by atoms with Crippen LogP contribution < -0.4 is 5.32 Å².